The topological polar surface area (TPSA) is 29.5 Å². The molecular formula is C20H18F5NO2. The van der Waals surface area contributed by atoms with Gasteiger partial charge in [0.15, 0.2) is 0 Å². The molecule has 1 amide bonds. The van der Waals surface area contributed by atoms with Crippen molar-refractivity contribution in [1.29, 1.82) is 0 Å². The van der Waals surface area contributed by atoms with E-state index in [1.54, 1.807) is 0 Å². The molecule has 1 aliphatic heterocycles. The Labute approximate surface area is 158 Å². The van der Waals surface area contributed by atoms with Gasteiger partial charge in [0, 0.05) is 30.3 Å². The maximum atomic E-state index is 13.7. The number of benzene rings is 2. The molecule has 28 heavy (non-hydrogen) atoms. The summed E-state index contributed by atoms with van der Waals surface area (Å²) in [6.07, 6.45) is -3.47. The fourth-order valence-corrected chi connectivity index (χ4v) is 3.09. The summed E-state index contributed by atoms with van der Waals surface area (Å²) in [7, 11) is 0. The molecular weight excluding hydrogens is 381 g/mol. The molecule has 1 aliphatic rings. The van der Waals surface area contributed by atoms with Gasteiger partial charge in [-0.3, -0.25) is 4.79 Å². The van der Waals surface area contributed by atoms with Gasteiger partial charge in [0.25, 0.3) is 5.91 Å². The summed E-state index contributed by atoms with van der Waals surface area (Å²) in [6.45, 7) is 0.659. The highest BCUT2D eigenvalue weighted by Gasteiger charge is 2.31. The first kappa shape index (κ1) is 20.3. The molecule has 0 aromatic heterocycles. The molecule has 8 heteroatoms. The van der Waals surface area contributed by atoms with Crippen LogP contribution in [0.3, 0.4) is 0 Å². The van der Waals surface area contributed by atoms with E-state index in [9.17, 15) is 26.7 Å². The number of hydrogen-bond donors (Lipinski definition) is 0. The molecule has 150 valence electrons. The van der Waals surface area contributed by atoms with E-state index in [1.807, 2.05) is 0 Å². The van der Waals surface area contributed by atoms with Crippen molar-refractivity contribution < 1.29 is 31.5 Å². The van der Waals surface area contributed by atoms with Gasteiger partial charge in [-0.2, -0.15) is 13.2 Å². The third-order valence-electron chi connectivity index (χ3n) is 4.61. The predicted octanol–water partition coefficient (Wildman–Crippen LogP) is 4.81. The monoisotopic (exact) mass is 399 g/mol. The minimum atomic E-state index is -4.46. The molecule has 1 fully saturated rings. The molecule has 1 heterocycles. The van der Waals surface area contributed by atoms with E-state index >= 15 is 0 Å². The minimum absolute atomic E-state index is 0.0565. The molecule has 0 radical (unpaired) electrons. The van der Waals surface area contributed by atoms with E-state index in [4.69, 9.17) is 4.74 Å². The smallest absolute Gasteiger partial charge is 0.372 e. The quantitative estimate of drug-likeness (QED) is 0.691. The molecule has 1 unspecified atom stereocenters. The first-order chi connectivity index (χ1) is 13.2. The van der Waals surface area contributed by atoms with Gasteiger partial charge in [-0.1, -0.05) is 6.07 Å². The molecule has 1 saturated heterocycles. The van der Waals surface area contributed by atoms with Crippen molar-refractivity contribution in [2.45, 2.75) is 31.7 Å². The molecule has 0 spiro atoms. The van der Waals surface area contributed by atoms with Crippen LogP contribution in [0.1, 0.15) is 34.3 Å². The summed E-state index contributed by atoms with van der Waals surface area (Å²) < 4.78 is 70.2. The van der Waals surface area contributed by atoms with Crippen LogP contribution in [0.25, 0.3) is 0 Å². The third kappa shape index (κ3) is 4.86. The first-order valence-corrected chi connectivity index (χ1v) is 8.76. The molecule has 2 aromatic carbocycles. The van der Waals surface area contributed by atoms with Crippen LogP contribution < -0.4 is 0 Å². The number of amides is 1. The number of halogens is 5. The average molecular weight is 399 g/mol. The number of rotatable bonds is 4. The van der Waals surface area contributed by atoms with E-state index in [0.29, 0.717) is 19.4 Å². The van der Waals surface area contributed by atoms with Gasteiger partial charge in [0.1, 0.15) is 11.6 Å². The standard InChI is InChI=1S/C20H18F5NO2/c21-16-8-5-14(18(22)10-16)12-28-17-2-1-9-26(11-17)19(27)13-3-6-15(7-4-13)20(23,24)25/h3-8,10,17H,1-2,9,11-12H2. The van der Waals surface area contributed by atoms with Crippen molar-refractivity contribution in [2.24, 2.45) is 0 Å². The highest BCUT2D eigenvalue weighted by atomic mass is 19.4. The van der Waals surface area contributed by atoms with E-state index in [-0.39, 0.29) is 36.3 Å². The van der Waals surface area contributed by atoms with E-state index in [2.05, 4.69) is 0 Å². The van der Waals surface area contributed by atoms with E-state index in [1.165, 1.54) is 11.0 Å². The second-order valence-electron chi connectivity index (χ2n) is 6.64. The Balaban J connectivity index is 1.60. The van der Waals surface area contributed by atoms with Crippen LogP contribution in [0.5, 0.6) is 0 Å². The molecule has 3 rings (SSSR count). The average Bonchev–Trinajstić information content (AvgIpc) is 2.66. The van der Waals surface area contributed by atoms with Crippen molar-refractivity contribution in [1.82, 2.24) is 4.90 Å². The summed E-state index contributed by atoms with van der Waals surface area (Å²) in [4.78, 5) is 14.1. The van der Waals surface area contributed by atoms with Gasteiger partial charge in [0.2, 0.25) is 0 Å². The number of likely N-dealkylation sites (tertiary alicyclic amines) is 1. The number of carbonyl (C=O) groups is 1. The zero-order valence-corrected chi connectivity index (χ0v) is 14.8. The van der Waals surface area contributed by atoms with Gasteiger partial charge >= 0.3 is 6.18 Å². The van der Waals surface area contributed by atoms with Crippen LogP contribution in [-0.4, -0.2) is 30.0 Å². The number of ether oxygens (including phenoxy) is 1. The molecule has 0 saturated carbocycles. The van der Waals surface area contributed by atoms with Gasteiger partial charge < -0.3 is 9.64 Å². The first-order valence-electron chi connectivity index (χ1n) is 8.76. The normalized spacial score (nSPS) is 17.6. The lowest BCUT2D eigenvalue weighted by atomic mass is 10.1. The SMILES string of the molecule is O=C(c1ccc(C(F)(F)F)cc1)N1CCCC(OCc2ccc(F)cc2F)C1. The van der Waals surface area contributed by atoms with Gasteiger partial charge in [-0.25, -0.2) is 8.78 Å². The van der Waals surface area contributed by atoms with Crippen LogP contribution in [0.4, 0.5) is 22.0 Å². The summed E-state index contributed by atoms with van der Waals surface area (Å²) in [5.41, 5.74) is -0.434. The lowest BCUT2D eigenvalue weighted by Gasteiger charge is -2.33. The lowest BCUT2D eigenvalue weighted by molar-refractivity contribution is -0.137. The van der Waals surface area contributed by atoms with Crippen LogP contribution in [0.2, 0.25) is 0 Å². The highest BCUT2D eigenvalue weighted by Crippen LogP contribution is 2.29. The fourth-order valence-electron chi connectivity index (χ4n) is 3.09. The number of hydrogen-bond acceptors (Lipinski definition) is 2. The number of nitrogens with zero attached hydrogens (tertiary/aromatic N) is 1. The molecule has 0 aliphatic carbocycles. The van der Waals surface area contributed by atoms with Crippen molar-refractivity contribution in [3.05, 3.63) is 70.8 Å². The second-order valence-corrected chi connectivity index (χ2v) is 6.64. The Hall–Kier alpha value is -2.48. The Morgan fingerprint density at radius 3 is 2.46 bits per heavy atom. The minimum Gasteiger partial charge on any atom is -0.372 e. The van der Waals surface area contributed by atoms with E-state index < -0.39 is 23.4 Å². The highest BCUT2D eigenvalue weighted by molar-refractivity contribution is 5.94. The molecule has 3 nitrogen and oxygen atoms in total. The van der Waals surface area contributed by atoms with Gasteiger partial charge in [-0.05, 0) is 43.2 Å². The van der Waals surface area contributed by atoms with Crippen LogP contribution in [0, 0.1) is 11.6 Å². The Morgan fingerprint density at radius 1 is 1.11 bits per heavy atom. The number of alkyl halides is 3. The Morgan fingerprint density at radius 2 is 1.82 bits per heavy atom. The Kier molecular flexibility index (Phi) is 5.98. The van der Waals surface area contributed by atoms with Crippen molar-refractivity contribution in [3.8, 4) is 0 Å². The second kappa shape index (κ2) is 8.26. The third-order valence-corrected chi connectivity index (χ3v) is 4.61. The van der Waals surface area contributed by atoms with Gasteiger partial charge in [0.05, 0.1) is 18.3 Å². The summed E-state index contributed by atoms with van der Waals surface area (Å²) in [5.74, 6) is -1.75. The maximum Gasteiger partial charge on any atom is 0.416 e. The van der Waals surface area contributed by atoms with Crippen molar-refractivity contribution >= 4 is 5.91 Å². The molecule has 2 aromatic rings. The predicted molar refractivity (Wildman–Crippen MR) is 91.5 cm³/mol. The molecule has 1 atom stereocenters. The lowest BCUT2D eigenvalue weighted by Crippen LogP contribution is -2.43. The molecule has 0 bridgehead atoms. The summed E-state index contributed by atoms with van der Waals surface area (Å²) in [5, 5.41) is 0. The van der Waals surface area contributed by atoms with Crippen LogP contribution in [0.15, 0.2) is 42.5 Å². The maximum absolute atomic E-state index is 13.7. The largest absolute Gasteiger partial charge is 0.416 e. The van der Waals surface area contributed by atoms with E-state index in [0.717, 1.165) is 36.4 Å². The van der Waals surface area contributed by atoms with Crippen LogP contribution >= 0.6 is 0 Å². The number of carbonyl (C=O) groups excluding carboxylic acids is 1. The fraction of sp³-hybridized carbons (Fsp3) is 0.350. The van der Waals surface area contributed by atoms with Gasteiger partial charge in [-0.15, -0.1) is 0 Å². The van der Waals surface area contributed by atoms with Crippen molar-refractivity contribution in [2.75, 3.05) is 13.1 Å². The zero-order chi connectivity index (χ0) is 20.3. The summed E-state index contributed by atoms with van der Waals surface area (Å²) in [6, 6.07) is 7.29. The van der Waals surface area contributed by atoms with Crippen LogP contribution in [-0.2, 0) is 17.5 Å². The molecule has 0 N–H and O–H groups in total. The zero-order valence-electron chi connectivity index (χ0n) is 14.8. The number of piperidine rings is 1. The van der Waals surface area contributed by atoms with Crippen molar-refractivity contribution in [3.63, 3.8) is 0 Å². The summed E-state index contributed by atoms with van der Waals surface area (Å²) >= 11 is 0. The Bertz CT molecular complexity index is 835.